The zero-order valence-corrected chi connectivity index (χ0v) is 13.0. The topological polar surface area (TPSA) is 39.7 Å². The number of hydrogen-bond donors (Lipinski definition) is 1. The molecule has 2 aromatic carbocycles. The molecule has 0 aliphatic carbocycles. The van der Waals surface area contributed by atoms with Crippen molar-refractivity contribution < 1.29 is 24.1 Å². The molecule has 2 aliphatic rings. The highest BCUT2D eigenvalue weighted by atomic mass is 19.1. The predicted molar refractivity (Wildman–Crippen MR) is 88.2 cm³/mol. The van der Waals surface area contributed by atoms with Gasteiger partial charge < -0.3 is 19.5 Å². The number of fused-ring (bicyclic) bond motifs is 1. The van der Waals surface area contributed by atoms with E-state index in [2.05, 4.69) is 5.32 Å². The molecule has 2 aliphatic heterocycles. The summed E-state index contributed by atoms with van der Waals surface area (Å²) in [5.41, 5.74) is 0.261. The Morgan fingerprint density at radius 2 is 2.04 bits per heavy atom. The summed E-state index contributed by atoms with van der Waals surface area (Å²) in [4.78, 5) is 0. The van der Waals surface area contributed by atoms with Crippen molar-refractivity contribution in [1.29, 1.82) is 0 Å². The van der Waals surface area contributed by atoms with Crippen molar-refractivity contribution in [1.82, 2.24) is 5.32 Å². The summed E-state index contributed by atoms with van der Waals surface area (Å²) in [5, 5.41) is 3.28. The largest absolute Gasteiger partial charge is 0.493 e. The number of halogens is 1. The molecule has 126 valence electrons. The Labute approximate surface area is 146 Å². The number of nitrogens with one attached hydrogen (secondary N) is 1. The van der Waals surface area contributed by atoms with Crippen LogP contribution in [0, 0.1) is 11.7 Å². The second-order valence-corrected chi connectivity index (χ2v) is 5.91. The van der Waals surface area contributed by atoms with Gasteiger partial charge in [0.15, 0.2) is 11.5 Å². The van der Waals surface area contributed by atoms with E-state index in [1.165, 1.54) is 0 Å². The SMILES string of the molecule is [2H]c1c([2H])c([C@@H]2CCNC[C@H]2COc2ccc3c(c2)OCO3)c([2H])c([2H])c1F. The van der Waals surface area contributed by atoms with Crippen LogP contribution in [0.1, 0.15) is 23.4 Å². The van der Waals surface area contributed by atoms with Crippen molar-refractivity contribution in [2.75, 3.05) is 26.5 Å². The Morgan fingerprint density at radius 3 is 2.92 bits per heavy atom. The maximum absolute atomic E-state index is 13.9. The Hall–Kier alpha value is -2.27. The van der Waals surface area contributed by atoms with Gasteiger partial charge in [-0.3, -0.25) is 0 Å². The summed E-state index contributed by atoms with van der Waals surface area (Å²) >= 11 is 0. The Balaban J connectivity index is 1.57. The van der Waals surface area contributed by atoms with Crippen LogP contribution in [0.5, 0.6) is 17.2 Å². The molecule has 24 heavy (non-hydrogen) atoms. The molecule has 1 N–H and O–H groups in total. The van der Waals surface area contributed by atoms with Gasteiger partial charge in [-0.15, -0.1) is 0 Å². The van der Waals surface area contributed by atoms with Crippen LogP contribution in [0.2, 0.25) is 0 Å². The van der Waals surface area contributed by atoms with Gasteiger partial charge in [0.25, 0.3) is 0 Å². The first-order chi connectivity index (χ1) is 13.5. The summed E-state index contributed by atoms with van der Waals surface area (Å²) in [6.45, 7) is 1.78. The average molecular weight is 333 g/mol. The molecule has 5 heteroatoms. The Kier molecular flexibility index (Phi) is 3.15. The lowest BCUT2D eigenvalue weighted by atomic mass is 9.81. The molecule has 0 saturated carbocycles. The van der Waals surface area contributed by atoms with Crippen LogP contribution in [0.15, 0.2) is 42.4 Å². The molecule has 0 radical (unpaired) electrons. The van der Waals surface area contributed by atoms with E-state index < -0.39 is 17.9 Å². The molecule has 1 fully saturated rings. The lowest BCUT2D eigenvalue weighted by Crippen LogP contribution is -2.38. The lowest BCUT2D eigenvalue weighted by molar-refractivity contribution is 0.173. The molecule has 1 saturated heterocycles. The first-order valence-electron chi connectivity index (χ1n) is 9.96. The van der Waals surface area contributed by atoms with Crippen molar-refractivity contribution in [2.24, 2.45) is 5.92 Å². The fourth-order valence-electron chi connectivity index (χ4n) is 3.14. The molecule has 0 bridgehead atoms. The third-order valence-corrected chi connectivity index (χ3v) is 4.40. The van der Waals surface area contributed by atoms with Crippen LogP contribution in [-0.2, 0) is 0 Å². The highest BCUT2D eigenvalue weighted by molar-refractivity contribution is 5.46. The maximum atomic E-state index is 13.9. The molecule has 2 heterocycles. The summed E-state index contributed by atoms with van der Waals surface area (Å²) in [6.07, 6.45) is 0.622. The van der Waals surface area contributed by atoms with E-state index in [4.69, 9.17) is 19.7 Å². The smallest absolute Gasteiger partial charge is 0.231 e. The zero-order valence-electron chi connectivity index (χ0n) is 17.0. The van der Waals surface area contributed by atoms with Gasteiger partial charge in [0.05, 0.1) is 12.1 Å². The monoisotopic (exact) mass is 333 g/mol. The quantitative estimate of drug-likeness (QED) is 0.932. The molecule has 0 unspecified atom stereocenters. The molecule has 4 rings (SSSR count). The van der Waals surface area contributed by atoms with Crippen molar-refractivity contribution >= 4 is 0 Å². The normalized spacial score (nSPS) is 24.7. The van der Waals surface area contributed by atoms with Crippen LogP contribution in [-0.4, -0.2) is 26.5 Å². The van der Waals surface area contributed by atoms with Crippen molar-refractivity contribution in [2.45, 2.75) is 12.3 Å². The summed E-state index contributed by atoms with van der Waals surface area (Å²) < 4.78 is 62.3. The molecule has 4 nitrogen and oxygen atoms in total. The van der Waals surface area contributed by atoms with Crippen molar-refractivity contribution in [3.63, 3.8) is 0 Å². The van der Waals surface area contributed by atoms with Gasteiger partial charge in [-0.1, -0.05) is 12.1 Å². The van der Waals surface area contributed by atoms with E-state index in [-0.39, 0.29) is 36.3 Å². The van der Waals surface area contributed by atoms with Gasteiger partial charge in [-0.25, -0.2) is 4.39 Å². The number of rotatable bonds is 4. The minimum absolute atomic E-state index is 0.0864. The second-order valence-electron chi connectivity index (χ2n) is 5.91. The second kappa shape index (κ2) is 6.69. The third kappa shape index (κ3) is 3.17. The predicted octanol–water partition coefficient (Wildman–Crippen LogP) is 3.33. The molecule has 0 amide bonds. The standard InChI is InChI=1S/C19H20FNO3/c20-15-3-1-13(2-4-15)17-7-8-21-10-14(17)11-22-16-5-6-18-19(9-16)24-12-23-18/h1-6,9,14,17,21H,7-8,10-12H2/t14-,17-/m0/s1/i1D,2D,3D,4D. The minimum Gasteiger partial charge on any atom is -0.493 e. The fourth-order valence-corrected chi connectivity index (χ4v) is 3.14. The van der Waals surface area contributed by atoms with E-state index in [1.54, 1.807) is 18.2 Å². The van der Waals surface area contributed by atoms with Gasteiger partial charge in [-0.2, -0.15) is 0 Å². The fraction of sp³-hybridized carbons (Fsp3) is 0.368. The minimum atomic E-state index is -1.11. The Morgan fingerprint density at radius 1 is 1.21 bits per heavy atom. The van der Waals surface area contributed by atoms with Gasteiger partial charge in [0, 0.05) is 18.5 Å². The van der Waals surface area contributed by atoms with E-state index in [1.807, 2.05) is 0 Å². The summed E-state index contributed by atoms with van der Waals surface area (Å²) in [6, 6.07) is 3.46. The maximum Gasteiger partial charge on any atom is 0.231 e. The number of piperidine rings is 1. The summed E-state index contributed by atoms with van der Waals surface area (Å²) in [7, 11) is 0. The van der Waals surface area contributed by atoms with Crippen molar-refractivity contribution in [3.8, 4) is 17.2 Å². The van der Waals surface area contributed by atoms with Crippen LogP contribution < -0.4 is 19.5 Å². The highest BCUT2D eigenvalue weighted by Crippen LogP contribution is 2.36. The zero-order chi connectivity index (χ0) is 19.8. The van der Waals surface area contributed by atoms with Gasteiger partial charge in [-0.05, 0) is 48.7 Å². The summed E-state index contributed by atoms with van der Waals surface area (Å²) in [5.74, 6) is 0.447. The van der Waals surface area contributed by atoms with Gasteiger partial charge >= 0.3 is 0 Å². The average Bonchev–Trinajstić information content (AvgIpc) is 3.18. The van der Waals surface area contributed by atoms with Crippen LogP contribution in [0.4, 0.5) is 4.39 Å². The molecule has 0 spiro atoms. The molecular formula is C19H20FNO3. The van der Waals surface area contributed by atoms with E-state index in [0.29, 0.717) is 43.4 Å². The molecule has 2 atom stereocenters. The highest BCUT2D eigenvalue weighted by Gasteiger charge is 2.27. The molecule has 0 aromatic heterocycles. The third-order valence-electron chi connectivity index (χ3n) is 4.40. The van der Waals surface area contributed by atoms with Crippen LogP contribution in [0.25, 0.3) is 0 Å². The van der Waals surface area contributed by atoms with E-state index >= 15 is 0 Å². The number of hydrogen-bond acceptors (Lipinski definition) is 4. The van der Waals surface area contributed by atoms with Crippen LogP contribution >= 0.6 is 0 Å². The lowest BCUT2D eigenvalue weighted by Gasteiger charge is -2.32. The first-order valence-corrected chi connectivity index (χ1v) is 7.96. The number of benzene rings is 2. The Bertz CT molecular complexity index is 882. The van der Waals surface area contributed by atoms with Crippen LogP contribution in [0.3, 0.4) is 0 Å². The van der Waals surface area contributed by atoms with E-state index in [9.17, 15) is 4.39 Å². The van der Waals surface area contributed by atoms with Gasteiger partial charge in [0.2, 0.25) is 6.79 Å². The van der Waals surface area contributed by atoms with E-state index in [0.717, 1.165) is 0 Å². The first kappa shape index (κ1) is 11.3. The van der Waals surface area contributed by atoms with Gasteiger partial charge in [0.1, 0.15) is 11.6 Å². The molecule has 2 aromatic rings. The molecular weight excluding hydrogens is 309 g/mol. The number of ether oxygens (including phenoxy) is 3. The van der Waals surface area contributed by atoms with Crippen molar-refractivity contribution in [3.05, 3.63) is 53.7 Å².